The monoisotopic (exact) mass is 486 g/mol. The predicted molar refractivity (Wildman–Crippen MR) is 119 cm³/mol. The van der Waals surface area contributed by atoms with E-state index in [2.05, 4.69) is 5.10 Å². The van der Waals surface area contributed by atoms with E-state index in [1.54, 1.807) is 43.4 Å². The summed E-state index contributed by atoms with van der Waals surface area (Å²) in [5.74, 6) is 0.462. The van der Waals surface area contributed by atoms with Crippen molar-refractivity contribution in [1.82, 2.24) is 14.7 Å². The van der Waals surface area contributed by atoms with E-state index in [4.69, 9.17) is 9.47 Å². The second-order valence-electron chi connectivity index (χ2n) is 8.33. The number of anilines is 1. The molecule has 5 rings (SSSR count). The Kier molecular flexibility index (Phi) is 5.42. The van der Waals surface area contributed by atoms with E-state index in [1.165, 1.54) is 27.5 Å². The van der Waals surface area contributed by atoms with Gasteiger partial charge in [0.2, 0.25) is 12.7 Å². The van der Waals surface area contributed by atoms with Crippen LogP contribution in [0.1, 0.15) is 34.2 Å². The molecule has 0 fully saturated rings. The summed E-state index contributed by atoms with van der Waals surface area (Å²) < 4.78 is 53.2. The number of hydrogen-bond donors (Lipinski definition) is 0. The molecule has 0 spiro atoms. The zero-order chi connectivity index (χ0) is 24.9. The number of benzene rings is 2. The van der Waals surface area contributed by atoms with Crippen LogP contribution in [-0.2, 0) is 23.9 Å². The smallest absolute Gasteiger partial charge is 0.435 e. The number of rotatable bonds is 3. The number of carbonyl (C=O) groups excluding carboxylic acids is 2. The van der Waals surface area contributed by atoms with Gasteiger partial charge < -0.3 is 19.3 Å². The maximum atomic E-state index is 13.8. The second kappa shape index (κ2) is 8.33. The Labute approximate surface area is 198 Å². The Hall–Kier alpha value is -4.02. The lowest BCUT2D eigenvalue weighted by atomic mass is 10.0. The number of fused-ring (bicyclic) bond motifs is 2. The van der Waals surface area contributed by atoms with Crippen molar-refractivity contribution < 1.29 is 32.2 Å². The molecular formula is C24H21F3N4O4. The van der Waals surface area contributed by atoms with Crippen molar-refractivity contribution in [2.75, 3.05) is 25.3 Å². The van der Waals surface area contributed by atoms with Gasteiger partial charge in [-0.1, -0.05) is 6.07 Å². The first kappa shape index (κ1) is 22.8. The van der Waals surface area contributed by atoms with E-state index < -0.39 is 11.9 Å². The third-order valence-electron chi connectivity index (χ3n) is 6.16. The quantitative estimate of drug-likeness (QED) is 0.563. The summed E-state index contributed by atoms with van der Waals surface area (Å²) in [6, 6.07) is 11.4. The molecule has 35 heavy (non-hydrogen) atoms. The van der Waals surface area contributed by atoms with E-state index in [0.29, 0.717) is 28.6 Å². The first-order chi connectivity index (χ1) is 16.6. The van der Waals surface area contributed by atoms with Crippen molar-refractivity contribution in [3.05, 3.63) is 65.0 Å². The van der Waals surface area contributed by atoms with Crippen LogP contribution >= 0.6 is 0 Å². The van der Waals surface area contributed by atoms with Crippen LogP contribution in [0.15, 0.2) is 42.5 Å². The summed E-state index contributed by atoms with van der Waals surface area (Å²) in [6.07, 6.45) is -4.46. The normalized spacial score (nSPS) is 14.6. The van der Waals surface area contributed by atoms with Gasteiger partial charge in [0, 0.05) is 56.4 Å². The van der Waals surface area contributed by atoms with Gasteiger partial charge in [-0.05, 0) is 30.3 Å². The summed E-state index contributed by atoms with van der Waals surface area (Å²) in [7, 11) is 1.60. The van der Waals surface area contributed by atoms with Gasteiger partial charge in [0.25, 0.3) is 5.91 Å². The highest BCUT2D eigenvalue weighted by atomic mass is 19.4. The highest BCUT2D eigenvalue weighted by Gasteiger charge is 2.41. The van der Waals surface area contributed by atoms with Crippen molar-refractivity contribution in [2.45, 2.75) is 26.1 Å². The molecule has 0 radical (unpaired) electrons. The molecule has 0 atom stereocenters. The van der Waals surface area contributed by atoms with Gasteiger partial charge in [0.1, 0.15) is 0 Å². The van der Waals surface area contributed by atoms with Gasteiger partial charge in [-0.25, -0.2) is 4.68 Å². The van der Waals surface area contributed by atoms with Gasteiger partial charge in [0.15, 0.2) is 17.2 Å². The summed E-state index contributed by atoms with van der Waals surface area (Å²) in [6.45, 7) is 1.56. The lowest BCUT2D eigenvalue weighted by Crippen LogP contribution is -2.35. The summed E-state index contributed by atoms with van der Waals surface area (Å²) in [5.41, 5.74) is 0.522. The standard InChI is InChI=1S/C24H21F3N4O4/c1-14(32)30-9-8-19-18(12-30)22(24(25,26)27)28-31(19)17-5-3-4-15(10-17)23(33)29(2)16-6-7-20-21(11-16)35-13-34-20/h3-7,10-11H,8-9,12-13H2,1-2H3. The molecule has 0 unspecified atom stereocenters. The van der Waals surface area contributed by atoms with Gasteiger partial charge >= 0.3 is 6.18 Å². The molecule has 11 heteroatoms. The number of amides is 2. The minimum atomic E-state index is -4.68. The molecule has 0 N–H and O–H groups in total. The number of hydrogen-bond acceptors (Lipinski definition) is 5. The molecular weight excluding hydrogens is 465 g/mol. The highest BCUT2D eigenvalue weighted by Crippen LogP contribution is 2.37. The van der Waals surface area contributed by atoms with E-state index in [0.717, 1.165) is 0 Å². The zero-order valence-electron chi connectivity index (χ0n) is 18.9. The van der Waals surface area contributed by atoms with Crippen LogP contribution in [0.5, 0.6) is 11.5 Å². The molecule has 0 aliphatic carbocycles. The summed E-state index contributed by atoms with van der Waals surface area (Å²) in [5, 5.41) is 3.87. The number of halogens is 3. The lowest BCUT2D eigenvalue weighted by Gasteiger charge is -2.27. The van der Waals surface area contributed by atoms with Crippen LogP contribution in [0.3, 0.4) is 0 Å². The average Bonchev–Trinajstić information content (AvgIpc) is 3.46. The minimum Gasteiger partial charge on any atom is -0.454 e. The van der Waals surface area contributed by atoms with Crippen LogP contribution in [0, 0.1) is 0 Å². The van der Waals surface area contributed by atoms with Gasteiger partial charge in [-0.3, -0.25) is 9.59 Å². The Morgan fingerprint density at radius 3 is 2.60 bits per heavy atom. The van der Waals surface area contributed by atoms with Crippen LogP contribution in [0.25, 0.3) is 5.69 Å². The van der Waals surface area contributed by atoms with Gasteiger partial charge in [0.05, 0.1) is 11.4 Å². The fourth-order valence-corrected chi connectivity index (χ4v) is 4.30. The van der Waals surface area contributed by atoms with Crippen LogP contribution in [0.4, 0.5) is 18.9 Å². The third kappa shape index (κ3) is 4.07. The van der Waals surface area contributed by atoms with Crippen molar-refractivity contribution in [1.29, 1.82) is 0 Å². The molecule has 3 heterocycles. The summed E-state index contributed by atoms with van der Waals surface area (Å²) in [4.78, 5) is 27.8. The molecule has 0 saturated heterocycles. The van der Waals surface area contributed by atoms with E-state index in [1.807, 2.05) is 0 Å². The SMILES string of the molecule is CC(=O)N1CCc2c(c(C(F)(F)F)nn2-c2cccc(C(=O)N(C)c3ccc4c(c3)OCO4)c2)C1. The first-order valence-electron chi connectivity index (χ1n) is 10.8. The minimum absolute atomic E-state index is 0.0202. The molecule has 0 bridgehead atoms. The van der Waals surface area contributed by atoms with Crippen LogP contribution in [0.2, 0.25) is 0 Å². The topological polar surface area (TPSA) is 76.9 Å². The molecule has 8 nitrogen and oxygen atoms in total. The van der Waals surface area contributed by atoms with E-state index >= 15 is 0 Å². The largest absolute Gasteiger partial charge is 0.454 e. The maximum Gasteiger partial charge on any atom is 0.435 e. The Balaban J connectivity index is 1.49. The Morgan fingerprint density at radius 2 is 1.86 bits per heavy atom. The zero-order valence-corrected chi connectivity index (χ0v) is 18.9. The number of alkyl halides is 3. The Morgan fingerprint density at radius 1 is 1.09 bits per heavy atom. The third-order valence-corrected chi connectivity index (χ3v) is 6.16. The molecule has 3 aromatic rings. The van der Waals surface area contributed by atoms with Crippen LogP contribution in [-0.4, -0.2) is 46.9 Å². The van der Waals surface area contributed by atoms with Gasteiger partial charge in [-0.15, -0.1) is 0 Å². The molecule has 182 valence electrons. The first-order valence-corrected chi connectivity index (χ1v) is 10.8. The molecule has 2 aliphatic rings. The predicted octanol–water partition coefficient (Wildman–Crippen LogP) is 3.80. The lowest BCUT2D eigenvalue weighted by molar-refractivity contribution is -0.143. The van der Waals surface area contributed by atoms with Crippen molar-refractivity contribution in [3.8, 4) is 17.2 Å². The maximum absolute atomic E-state index is 13.8. The number of carbonyl (C=O) groups is 2. The number of ether oxygens (including phenoxy) is 2. The fraction of sp³-hybridized carbons (Fsp3) is 0.292. The molecule has 0 saturated carbocycles. The average molecular weight is 486 g/mol. The van der Waals surface area contributed by atoms with E-state index in [9.17, 15) is 22.8 Å². The van der Waals surface area contributed by atoms with E-state index in [-0.39, 0.29) is 49.2 Å². The highest BCUT2D eigenvalue weighted by molar-refractivity contribution is 6.06. The fourth-order valence-electron chi connectivity index (χ4n) is 4.30. The summed E-state index contributed by atoms with van der Waals surface area (Å²) >= 11 is 0. The van der Waals surface area contributed by atoms with Crippen molar-refractivity contribution >= 4 is 17.5 Å². The molecule has 2 aromatic carbocycles. The second-order valence-corrected chi connectivity index (χ2v) is 8.33. The van der Waals surface area contributed by atoms with Crippen LogP contribution < -0.4 is 14.4 Å². The van der Waals surface area contributed by atoms with Gasteiger partial charge in [-0.2, -0.15) is 18.3 Å². The molecule has 2 aliphatic heterocycles. The Bertz CT molecular complexity index is 1330. The van der Waals surface area contributed by atoms with Crippen molar-refractivity contribution in [3.63, 3.8) is 0 Å². The number of nitrogens with zero attached hydrogens (tertiary/aromatic N) is 4. The molecule has 1 aromatic heterocycles. The van der Waals surface area contributed by atoms with Crippen molar-refractivity contribution in [2.24, 2.45) is 0 Å². The molecule has 2 amide bonds. The number of aromatic nitrogens is 2.